The highest BCUT2D eigenvalue weighted by Gasteiger charge is 2.38. The Morgan fingerprint density at radius 3 is 3.00 bits per heavy atom. The predicted octanol–water partition coefficient (Wildman–Crippen LogP) is 3.24. The number of carbonyl (C=O) groups excluding carboxylic acids is 1. The van der Waals surface area contributed by atoms with E-state index in [0.717, 1.165) is 48.8 Å². The molecule has 1 aliphatic heterocycles. The molecule has 0 bridgehead atoms. The zero-order chi connectivity index (χ0) is 14.4. The third-order valence-electron chi connectivity index (χ3n) is 4.02. The van der Waals surface area contributed by atoms with Crippen LogP contribution in [0.4, 0.5) is 0 Å². The van der Waals surface area contributed by atoms with Crippen LogP contribution in [0.5, 0.6) is 0 Å². The molecular weight excluding hydrogens is 316 g/mol. The predicted molar refractivity (Wildman–Crippen MR) is 85.4 cm³/mol. The Morgan fingerprint density at radius 2 is 2.35 bits per heavy atom. The molecule has 0 saturated carbocycles. The van der Waals surface area contributed by atoms with Gasteiger partial charge in [-0.2, -0.15) is 0 Å². The molecule has 3 nitrogen and oxygen atoms in total. The van der Waals surface area contributed by atoms with E-state index in [1.54, 1.807) is 0 Å². The zero-order valence-electron chi connectivity index (χ0n) is 12.0. The molecule has 1 aromatic rings. The lowest BCUT2D eigenvalue weighted by molar-refractivity contribution is -0.132. The summed E-state index contributed by atoms with van der Waals surface area (Å²) in [7, 11) is 0. The number of nitrogens with one attached hydrogen (secondary N) is 2. The van der Waals surface area contributed by atoms with Gasteiger partial charge in [0.1, 0.15) is 0 Å². The minimum Gasteiger partial charge on any atom is -0.352 e. The zero-order valence-corrected chi connectivity index (χ0v) is 13.6. The smallest absolute Gasteiger partial charge is 0.227 e. The van der Waals surface area contributed by atoms with Crippen LogP contribution in [0, 0.1) is 5.41 Å². The third-order valence-corrected chi connectivity index (χ3v) is 4.52. The molecule has 1 aromatic carbocycles. The van der Waals surface area contributed by atoms with Crippen molar-refractivity contribution in [2.45, 2.75) is 39.2 Å². The van der Waals surface area contributed by atoms with Crippen molar-refractivity contribution in [1.82, 2.24) is 10.6 Å². The van der Waals surface area contributed by atoms with Crippen molar-refractivity contribution in [2.24, 2.45) is 5.41 Å². The third kappa shape index (κ3) is 3.83. The van der Waals surface area contributed by atoms with Gasteiger partial charge in [-0.15, -0.1) is 0 Å². The molecule has 0 spiro atoms. The van der Waals surface area contributed by atoms with Gasteiger partial charge in [0.15, 0.2) is 0 Å². The molecule has 110 valence electrons. The Morgan fingerprint density at radius 1 is 1.50 bits per heavy atom. The highest BCUT2D eigenvalue weighted by Crippen LogP contribution is 2.32. The fourth-order valence-electron chi connectivity index (χ4n) is 2.98. The minimum atomic E-state index is -0.209. The SMILES string of the molecule is CCCC1(C(=O)NCc2cccc(Br)c2)CCCNC1. The first-order valence-corrected chi connectivity index (χ1v) is 8.19. The number of halogens is 1. The summed E-state index contributed by atoms with van der Waals surface area (Å²) in [6.07, 6.45) is 4.10. The van der Waals surface area contributed by atoms with Gasteiger partial charge in [0.05, 0.1) is 5.41 Å². The first-order valence-electron chi connectivity index (χ1n) is 7.40. The van der Waals surface area contributed by atoms with E-state index >= 15 is 0 Å². The second-order valence-electron chi connectivity index (χ2n) is 5.62. The number of amides is 1. The van der Waals surface area contributed by atoms with Crippen molar-refractivity contribution >= 4 is 21.8 Å². The number of hydrogen-bond acceptors (Lipinski definition) is 2. The summed E-state index contributed by atoms with van der Waals surface area (Å²) >= 11 is 3.46. The molecule has 1 fully saturated rings. The maximum Gasteiger partial charge on any atom is 0.227 e. The van der Waals surface area contributed by atoms with E-state index in [0.29, 0.717) is 6.54 Å². The lowest BCUT2D eigenvalue weighted by Gasteiger charge is -2.36. The molecule has 0 radical (unpaired) electrons. The summed E-state index contributed by atoms with van der Waals surface area (Å²) in [6, 6.07) is 8.08. The Hall–Kier alpha value is -0.870. The summed E-state index contributed by atoms with van der Waals surface area (Å²) in [5.74, 6) is 0.200. The Balaban J connectivity index is 1.98. The van der Waals surface area contributed by atoms with Crippen molar-refractivity contribution in [3.05, 3.63) is 34.3 Å². The quantitative estimate of drug-likeness (QED) is 0.865. The molecule has 2 rings (SSSR count). The van der Waals surface area contributed by atoms with Gasteiger partial charge in [0, 0.05) is 17.6 Å². The van der Waals surface area contributed by atoms with Gasteiger partial charge in [-0.1, -0.05) is 41.4 Å². The molecule has 2 N–H and O–H groups in total. The molecule has 1 saturated heterocycles. The highest BCUT2D eigenvalue weighted by atomic mass is 79.9. The van der Waals surface area contributed by atoms with Crippen LogP contribution in [0.15, 0.2) is 28.7 Å². The van der Waals surface area contributed by atoms with Gasteiger partial charge >= 0.3 is 0 Å². The number of benzene rings is 1. The van der Waals surface area contributed by atoms with E-state index in [4.69, 9.17) is 0 Å². The maximum absolute atomic E-state index is 12.6. The van der Waals surface area contributed by atoms with E-state index in [1.165, 1.54) is 0 Å². The fourth-order valence-corrected chi connectivity index (χ4v) is 3.43. The Kier molecular flexibility index (Phi) is 5.61. The van der Waals surface area contributed by atoms with Crippen LogP contribution in [0.1, 0.15) is 38.2 Å². The Bertz CT molecular complexity index is 450. The van der Waals surface area contributed by atoms with Crippen LogP contribution in [0.3, 0.4) is 0 Å². The minimum absolute atomic E-state index is 0.200. The summed E-state index contributed by atoms with van der Waals surface area (Å²) in [4.78, 5) is 12.6. The molecule has 0 aromatic heterocycles. The van der Waals surface area contributed by atoms with E-state index in [2.05, 4.69) is 33.5 Å². The Labute approximate surface area is 129 Å². The average Bonchev–Trinajstić information content (AvgIpc) is 2.46. The standard InChI is InChI=1S/C16H23BrN2O/c1-2-7-16(8-4-9-18-12-16)15(20)19-11-13-5-3-6-14(17)10-13/h3,5-6,10,18H,2,4,7-9,11-12H2,1H3,(H,19,20). The van der Waals surface area contributed by atoms with Gasteiger partial charge in [0.2, 0.25) is 5.91 Å². The highest BCUT2D eigenvalue weighted by molar-refractivity contribution is 9.10. The molecule has 1 heterocycles. The van der Waals surface area contributed by atoms with E-state index in [-0.39, 0.29) is 11.3 Å². The monoisotopic (exact) mass is 338 g/mol. The molecule has 1 unspecified atom stereocenters. The summed E-state index contributed by atoms with van der Waals surface area (Å²) in [5, 5.41) is 6.50. The maximum atomic E-state index is 12.6. The molecule has 1 atom stereocenters. The topological polar surface area (TPSA) is 41.1 Å². The molecular formula is C16H23BrN2O. The number of rotatable bonds is 5. The average molecular weight is 339 g/mol. The van der Waals surface area contributed by atoms with Crippen molar-refractivity contribution < 1.29 is 4.79 Å². The summed E-state index contributed by atoms with van der Waals surface area (Å²) in [6.45, 7) is 4.59. The van der Waals surface area contributed by atoms with Crippen molar-refractivity contribution in [3.8, 4) is 0 Å². The van der Waals surface area contributed by atoms with Crippen LogP contribution in [0.25, 0.3) is 0 Å². The molecule has 1 amide bonds. The first-order chi connectivity index (χ1) is 9.66. The normalized spacial score (nSPS) is 22.5. The fraction of sp³-hybridized carbons (Fsp3) is 0.562. The van der Waals surface area contributed by atoms with Crippen molar-refractivity contribution in [3.63, 3.8) is 0 Å². The van der Waals surface area contributed by atoms with Crippen molar-refractivity contribution in [1.29, 1.82) is 0 Å². The molecule has 0 aliphatic carbocycles. The van der Waals surface area contributed by atoms with Crippen molar-refractivity contribution in [2.75, 3.05) is 13.1 Å². The summed E-state index contributed by atoms with van der Waals surface area (Å²) < 4.78 is 1.05. The molecule has 20 heavy (non-hydrogen) atoms. The largest absolute Gasteiger partial charge is 0.352 e. The van der Waals surface area contributed by atoms with Gasteiger partial charge < -0.3 is 10.6 Å². The number of hydrogen-bond donors (Lipinski definition) is 2. The van der Waals surface area contributed by atoms with Crippen LogP contribution in [-0.2, 0) is 11.3 Å². The van der Waals surface area contributed by atoms with E-state index in [9.17, 15) is 4.79 Å². The second kappa shape index (κ2) is 7.23. The van der Waals surface area contributed by atoms with Gasteiger partial charge in [0.25, 0.3) is 0 Å². The molecule has 4 heteroatoms. The van der Waals surface area contributed by atoms with E-state index in [1.807, 2.05) is 24.3 Å². The van der Waals surface area contributed by atoms with Crippen LogP contribution < -0.4 is 10.6 Å². The van der Waals surface area contributed by atoms with Gasteiger partial charge in [-0.25, -0.2) is 0 Å². The summed E-state index contributed by atoms with van der Waals surface area (Å²) in [5.41, 5.74) is 0.919. The first kappa shape index (κ1) is 15.5. The lowest BCUT2D eigenvalue weighted by Crippen LogP contribution is -2.50. The second-order valence-corrected chi connectivity index (χ2v) is 6.54. The number of carbonyl (C=O) groups is 1. The van der Waals surface area contributed by atoms with Gasteiger partial charge in [-0.05, 0) is 43.5 Å². The van der Waals surface area contributed by atoms with Gasteiger partial charge in [-0.3, -0.25) is 4.79 Å². The molecule has 1 aliphatic rings. The van der Waals surface area contributed by atoms with E-state index < -0.39 is 0 Å². The lowest BCUT2D eigenvalue weighted by atomic mass is 9.76. The number of piperidine rings is 1. The van der Waals surface area contributed by atoms with Crippen LogP contribution >= 0.6 is 15.9 Å². The van der Waals surface area contributed by atoms with Crippen LogP contribution in [-0.4, -0.2) is 19.0 Å². The van der Waals surface area contributed by atoms with Crippen LogP contribution in [0.2, 0.25) is 0 Å².